The molecule has 1 saturated heterocycles. The number of thiazole rings is 1. The molecule has 1 aliphatic carbocycles. The summed E-state index contributed by atoms with van der Waals surface area (Å²) in [6.07, 6.45) is 5.78. The van der Waals surface area contributed by atoms with Crippen LogP contribution in [-0.2, 0) is 0 Å². The van der Waals surface area contributed by atoms with Crippen LogP contribution in [0.4, 0.5) is 10.9 Å². The Labute approximate surface area is 110 Å². The largest absolute Gasteiger partial charge is 0.382 e. The van der Waals surface area contributed by atoms with Crippen LogP contribution in [0, 0.1) is 0 Å². The normalized spacial score (nSPS) is 19.9. The second kappa shape index (κ2) is 4.76. The maximum Gasteiger partial charge on any atom is 0.265 e. The molecule has 3 rings (SSSR count). The Kier molecular flexibility index (Phi) is 3.11. The van der Waals surface area contributed by atoms with Crippen molar-refractivity contribution in [1.29, 1.82) is 0 Å². The fourth-order valence-electron chi connectivity index (χ4n) is 2.33. The zero-order valence-corrected chi connectivity index (χ0v) is 11.1. The first-order valence-corrected chi connectivity index (χ1v) is 7.38. The van der Waals surface area contributed by atoms with Gasteiger partial charge in [-0.1, -0.05) is 11.3 Å². The Balaban J connectivity index is 1.72. The van der Waals surface area contributed by atoms with Crippen LogP contribution in [0.25, 0.3) is 0 Å². The van der Waals surface area contributed by atoms with Crippen LogP contribution in [0.15, 0.2) is 0 Å². The summed E-state index contributed by atoms with van der Waals surface area (Å²) in [6, 6.07) is 0.342. The fourth-order valence-corrected chi connectivity index (χ4v) is 3.27. The Morgan fingerprint density at radius 2 is 2.06 bits per heavy atom. The lowest BCUT2D eigenvalue weighted by Crippen LogP contribution is -2.39. The van der Waals surface area contributed by atoms with E-state index >= 15 is 0 Å². The molecule has 0 unspecified atom stereocenters. The average Bonchev–Trinajstić information content (AvgIpc) is 2.91. The highest BCUT2D eigenvalue weighted by Gasteiger charge is 2.25. The zero-order valence-electron chi connectivity index (χ0n) is 10.3. The number of nitrogens with one attached hydrogen (secondary N) is 1. The first-order valence-electron chi connectivity index (χ1n) is 6.56. The molecular weight excluding hydrogens is 248 g/mol. The van der Waals surface area contributed by atoms with Gasteiger partial charge in [0, 0.05) is 19.1 Å². The SMILES string of the molecule is Nc1nc(N2CCCC2)sc1C(=O)NC1CCC1. The van der Waals surface area contributed by atoms with Crippen molar-refractivity contribution in [3.63, 3.8) is 0 Å². The van der Waals surface area contributed by atoms with Crippen LogP contribution in [0.1, 0.15) is 41.8 Å². The van der Waals surface area contributed by atoms with E-state index in [1.807, 2.05) is 0 Å². The van der Waals surface area contributed by atoms with Gasteiger partial charge in [-0.25, -0.2) is 4.98 Å². The molecule has 0 aromatic carbocycles. The van der Waals surface area contributed by atoms with Gasteiger partial charge in [-0.05, 0) is 32.1 Å². The molecule has 1 saturated carbocycles. The molecule has 2 aliphatic rings. The van der Waals surface area contributed by atoms with Crippen LogP contribution < -0.4 is 16.0 Å². The summed E-state index contributed by atoms with van der Waals surface area (Å²) >= 11 is 1.42. The van der Waals surface area contributed by atoms with Gasteiger partial charge in [-0.3, -0.25) is 4.79 Å². The second-order valence-electron chi connectivity index (χ2n) is 5.01. The van der Waals surface area contributed by atoms with Crippen LogP contribution >= 0.6 is 11.3 Å². The molecule has 98 valence electrons. The minimum absolute atomic E-state index is 0.0554. The topological polar surface area (TPSA) is 71.2 Å². The first-order chi connectivity index (χ1) is 8.74. The smallest absolute Gasteiger partial charge is 0.265 e. The first kappa shape index (κ1) is 11.8. The summed E-state index contributed by atoms with van der Waals surface area (Å²) in [5.74, 6) is 0.318. The second-order valence-corrected chi connectivity index (χ2v) is 5.98. The molecular formula is C12H18N4OS. The molecule has 18 heavy (non-hydrogen) atoms. The predicted molar refractivity (Wildman–Crippen MR) is 73.1 cm³/mol. The van der Waals surface area contributed by atoms with Crippen LogP contribution in [0.2, 0.25) is 0 Å². The molecule has 0 bridgehead atoms. The molecule has 1 aliphatic heterocycles. The highest BCUT2D eigenvalue weighted by atomic mass is 32.1. The van der Waals surface area contributed by atoms with Gasteiger partial charge in [0.15, 0.2) is 5.13 Å². The number of aromatic nitrogens is 1. The van der Waals surface area contributed by atoms with Crippen molar-refractivity contribution in [2.75, 3.05) is 23.7 Å². The molecule has 2 heterocycles. The maximum absolute atomic E-state index is 12.1. The Hall–Kier alpha value is -1.30. The number of anilines is 2. The summed E-state index contributed by atoms with van der Waals surface area (Å²) in [5, 5.41) is 3.90. The van der Waals surface area contributed by atoms with Crippen molar-refractivity contribution in [1.82, 2.24) is 10.3 Å². The van der Waals surface area contributed by atoms with E-state index in [0.29, 0.717) is 16.7 Å². The van der Waals surface area contributed by atoms with E-state index in [1.165, 1.54) is 30.6 Å². The number of hydrogen-bond donors (Lipinski definition) is 2. The minimum atomic E-state index is -0.0554. The Morgan fingerprint density at radius 3 is 2.67 bits per heavy atom. The van der Waals surface area contributed by atoms with E-state index < -0.39 is 0 Å². The minimum Gasteiger partial charge on any atom is -0.382 e. The monoisotopic (exact) mass is 266 g/mol. The number of nitrogens with two attached hydrogens (primary N) is 1. The van der Waals surface area contributed by atoms with Crippen LogP contribution in [0.3, 0.4) is 0 Å². The zero-order chi connectivity index (χ0) is 12.5. The third-order valence-electron chi connectivity index (χ3n) is 3.67. The molecule has 1 aromatic rings. The van der Waals surface area contributed by atoms with Gasteiger partial charge in [-0.2, -0.15) is 0 Å². The summed E-state index contributed by atoms with van der Waals surface area (Å²) in [7, 11) is 0. The number of carbonyl (C=O) groups excluding carboxylic acids is 1. The van der Waals surface area contributed by atoms with E-state index in [4.69, 9.17) is 5.73 Å². The molecule has 3 N–H and O–H groups in total. The molecule has 1 amide bonds. The average molecular weight is 266 g/mol. The van der Waals surface area contributed by atoms with Gasteiger partial charge < -0.3 is 16.0 Å². The van der Waals surface area contributed by atoms with E-state index in [2.05, 4.69) is 15.2 Å². The molecule has 0 spiro atoms. The highest BCUT2D eigenvalue weighted by molar-refractivity contribution is 7.18. The van der Waals surface area contributed by atoms with Crippen molar-refractivity contribution < 1.29 is 4.79 Å². The molecule has 6 heteroatoms. The number of rotatable bonds is 3. The van der Waals surface area contributed by atoms with Gasteiger partial charge in [0.05, 0.1) is 0 Å². The number of nitrogens with zero attached hydrogens (tertiary/aromatic N) is 2. The number of amides is 1. The van der Waals surface area contributed by atoms with Crippen molar-refractivity contribution >= 4 is 28.2 Å². The Morgan fingerprint density at radius 1 is 1.33 bits per heavy atom. The number of carbonyl (C=O) groups is 1. The van der Waals surface area contributed by atoms with Crippen molar-refractivity contribution in [2.45, 2.75) is 38.1 Å². The molecule has 2 fully saturated rings. The number of nitrogen functional groups attached to an aromatic ring is 1. The van der Waals surface area contributed by atoms with E-state index in [1.54, 1.807) is 0 Å². The quantitative estimate of drug-likeness (QED) is 0.872. The molecule has 1 aromatic heterocycles. The molecule has 5 nitrogen and oxygen atoms in total. The van der Waals surface area contributed by atoms with Gasteiger partial charge in [0.2, 0.25) is 0 Å². The third kappa shape index (κ3) is 2.16. The lowest BCUT2D eigenvalue weighted by Gasteiger charge is -2.26. The lowest BCUT2D eigenvalue weighted by molar-refractivity contribution is 0.0922. The maximum atomic E-state index is 12.1. The van der Waals surface area contributed by atoms with E-state index in [9.17, 15) is 4.79 Å². The van der Waals surface area contributed by atoms with Crippen molar-refractivity contribution in [3.8, 4) is 0 Å². The number of hydrogen-bond acceptors (Lipinski definition) is 5. The van der Waals surface area contributed by atoms with Crippen LogP contribution in [-0.4, -0.2) is 30.0 Å². The molecule has 0 radical (unpaired) electrons. The van der Waals surface area contributed by atoms with Gasteiger partial charge in [0.25, 0.3) is 5.91 Å². The lowest BCUT2D eigenvalue weighted by atomic mass is 9.93. The molecule has 0 atom stereocenters. The summed E-state index contributed by atoms with van der Waals surface area (Å²) in [5.41, 5.74) is 5.86. The van der Waals surface area contributed by atoms with E-state index in [0.717, 1.165) is 31.1 Å². The third-order valence-corrected chi connectivity index (χ3v) is 4.80. The van der Waals surface area contributed by atoms with Gasteiger partial charge in [0.1, 0.15) is 10.7 Å². The Bertz CT molecular complexity index is 449. The van der Waals surface area contributed by atoms with Crippen molar-refractivity contribution in [2.24, 2.45) is 0 Å². The highest BCUT2D eigenvalue weighted by Crippen LogP contribution is 2.30. The van der Waals surface area contributed by atoms with Gasteiger partial charge >= 0.3 is 0 Å². The summed E-state index contributed by atoms with van der Waals surface area (Å²) in [4.78, 5) is 19.2. The fraction of sp³-hybridized carbons (Fsp3) is 0.667. The standard InChI is InChI=1S/C12H18N4OS/c13-10-9(11(17)14-8-4-3-5-8)18-12(15-10)16-6-1-2-7-16/h8H,1-7,13H2,(H,14,17). The summed E-state index contributed by atoms with van der Waals surface area (Å²) in [6.45, 7) is 2.05. The van der Waals surface area contributed by atoms with Crippen molar-refractivity contribution in [3.05, 3.63) is 4.88 Å². The van der Waals surface area contributed by atoms with E-state index in [-0.39, 0.29) is 5.91 Å². The van der Waals surface area contributed by atoms with Crippen LogP contribution in [0.5, 0.6) is 0 Å². The van der Waals surface area contributed by atoms with Gasteiger partial charge in [-0.15, -0.1) is 0 Å². The summed E-state index contributed by atoms with van der Waals surface area (Å²) < 4.78 is 0. The predicted octanol–water partition coefficient (Wildman–Crippen LogP) is 1.61.